The Hall–Kier alpha value is -2.72. The summed E-state index contributed by atoms with van der Waals surface area (Å²) in [6.07, 6.45) is -2.04. The van der Waals surface area contributed by atoms with Crippen molar-refractivity contribution in [3.8, 4) is 5.69 Å². The first-order valence-corrected chi connectivity index (χ1v) is 10.00. The monoisotopic (exact) mass is 411 g/mol. The Balaban J connectivity index is 2.51. The van der Waals surface area contributed by atoms with E-state index in [1.807, 2.05) is 0 Å². The van der Waals surface area contributed by atoms with Crippen LogP contribution in [-0.4, -0.2) is 24.2 Å². The summed E-state index contributed by atoms with van der Waals surface area (Å²) in [4.78, 5) is 17.2. The zero-order chi connectivity index (χ0) is 20.8. The molecule has 0 saturated heterocycles. The van der Waals surface area contributed by atoms with Gasteiger partial charge in [-0.05, 0) is 37.3 Å². The van der Waals surface area contributed by atoms with Gasteiger partial charge in [-0.2, -0.15) is 0 Å². The fourth-order valence-electron chi connectivity index (χ4n) is 2.93. The van der Waals surface area contributed by atoms with Gasteiger partial charge in [0.15, 0.2) is 9.84 Å². The number of halogens is 3. The number of aromatic nitrogens is 2. The van der Waals surface area contributed by atoms with E-state index in [2.05, 4.69) is 4.98 Å². The Morgan fingerprint density at radius 1 is 1.18 bits per heavy atom. The molecule has 2 N–H and O–H groups in total. The average Bonchev–Trinajstić information content (AvgIpc) is 2.59. The predicted molar refractivity (Wildman–Crippen MR) is 98.0 cm³/mol. The van der Waals surface area contributed by atoms with Crippen molar-refractivity contribution in [3.05, 3.63) is 64.0 Å². The molecule has 1 aromatic heterocycles. The summed E-state index contributed by atoms with van der Waals surface area (Å²) in [5, 5.41) is -0.225. The lowest BCUT2D eigenvalue weighted by molar-refractivity contribution is 0.151. The molecule has 148 valence electrons. The van der Waals surface area contributed by atoms with Crippen LogP contribution >= 0.6 is 0 Å². The zero-order valence-electron chi connectivity index (χ0n) is 14.9. The molecule has 0 bridgehead atoms. The van der Waals surface area contributed by atoms with E-state index in [4.69, 9.17) is 5.73 Å². The number of alkyl halides is 2. The highest BCUT2D eigenvalue weighted by Gasteiger charge is 2.22. The summed E-state index contributed by atoms with van der Waals surface area (Å²) in [7, 11) is -3.79. The molecule has 0 amide bonds. The summed E-state index contributed by atoms with van der Waals surface area (Å²) in [5.74, 6) is -0.999. The Bertz CT molecular complexity index is 1240. The van der Waals surface area contributed by atoms with Gasteiger partial charge in [0.25, 0.3) is 12.0 Å². The van der Waals surface area contributed by atoms with Crippen molar-refractivity contribution in [2.24, 2.45) is 5.73 Å². The topological polar surface area (TPSA) is 95.1 Å². The molecule has 3 aromatic rings. The van der Waals surface area contributed by atoms with E-state index in [1.54, 1.807) is 0 Å². The molecule has 6 nitrogen and oxygen atoms in total. The first-order chi connectivity index (χ1) is 13.0. The van der Waals surface area contributed by atoms with Crippen LogP contribution in [-0.2, 0) is 9.84 Å². The highest BCUT2D eigenvalue weighted by Crippen LogP contribution is 2.26. The summed E-state index contributed by atoms with van der Waals surface area (Å²) < 4.78 is 65.2. The third-order valence-electron chi connectivity index (χ3n) is 4.11. The lowest BCUT2D eigenvalue weighted by Crippen LogP contribution is -2.28. The molecular weight excluding hydrogens is 395 g/mol. The molecule has 2 aromatic carbocycles. The van der Waals surface area contributed by atoms with Crippen LogP contribution in [0, 0.1) is 5.82 Å². The standard InChI is InChI=1S/C18H16F3N3O3S/c1-9(22)17-23-13-4-3-5-14(28(2,26)27)15(13)18(25)24(17)12-7-10(16(20)21)6-11(19)8-12/h3-9,16H,22H2,1-2H3. The molecule has 1 unspecified atom stereocenters. The Labute approximate surface area is 158 Å². The minimum Gasteiger partial charge on any atom is -0.322 e. The number of rotatable bonds is 4. The summed E-state index contributed by atoms with van der Waals surface area (Å²) in [5.41, 5.74) is 4.28. The minimum absolute atomic E-state index is 0.0195. The summed E-state index contributed by atoms with van der Waals surface area (Å²) in [6, 6.07) is 5.77. The largest absolute Gasteiger partial charge is 0.322 e. The third-order valence-corrected chi connectivity index (χ3v) is 5.25. The van der Waals surface area contributed by atoms with Crippen LogP contribution in [0.1, 0.15) is 30.8 Å². The lowest BCUT2D eigenvalue weighted by atomic mass is 10.1. The van der Waals surface area contributed by atoms with Crippen molar-refractivity contribution >= 4 is 20.7 Å². The van der Waals surface area contributed by atoms with Gasteiger partial charge in [0.05, 0.1) is 27.5 Å². The van der Waals surface area contributed by atoms with Gasteiger partial charge in [0, 0.05) is 11.8 Å². The van der Waals surface area contributed by atoms with E-state index >= 15 is 0 Å². The van der Waals surface area contributed by atoms with Gasteiger partial charge in [-0.1, -0.05) is 6.07 Å². The third kappa shape index (κ3) is 3.52. The quantitative estimate of drug-likeness (QED) is 0.712. The normalized spacial score (nSPS) is 13.2. The minimum atomic E-state index is -3.79. The number of benzene rings is 2. The second kappa shape index (κ2) is 7.02. The van der Waals surface area contributed by atoms with Gasteiger partial charge in [0.1, 0.15) is 11.6 Å². The lowest BCUT2D eigenvalue weighted by Gasteiger charge is -2.17. The van der Waals surface area contributed by atoms with E-state index in [9.17, 15) is 26.4 Å². The number of fused-ring (bicyclic) bond motifs is 1. The maximum atomic E-state index is 13.9. The maximum Gasteiger partial charge on any atom is 0.267 e. The number of sulfone groups is 1. The van der Waals surface area contributed by atoms with Crippen LogP contribution in [0.5, 0.6) is 0 Å². The molecule has 10 heteroatoms. The van der Waals surface area contributed by atoms with Crippen molar-refractivity contribution in [1.29, 1.82) is 0 Å². The van der Waals surface area contributed by atoms with E-state index < -0.39 is 39.2 Å². The molecule has 0 aliphatic carbocycles. The Morgan fingerprint density at radius 2 is 1.86 bits per heavy atom. The summed E-state index contributed by atoms with van der Waals surface area (Å²) in [6.45, 7) is 1.51. The first kappa shape index (κ1) is 20.0. The van der Waals surface area contributed by atoms with Gasteiger partial charge >= 0.3 is 0 Å². The van der Waals surface area contributed by atoms with Crippen molar-refractivity contribution in [1.82, 2.24) is 9.55 Å². The second-order valence-electron chi connectivity index (χ2n) is 6.37. The molecule has 28 heavy (non-hydrogen) atoms. The predicted octanol–water partition coefficient (Wildman–Crippen LogP) is 2.89. The van der Waals surface area contributed by atoms with Crippen LogP contribution in [0.2, 0.25) is 0 Å². The van der Waals surface area contributed by atoms with Crippen LogP contribution in [0.3, 0.4) is 0 Å². The highest BCUT2D eigenvalue weighted by atomic mass is 32.2. The Kier molecular flexibility index (Phi) is 5.02. The molecule has 0 aliphatic rings. The van der Waals surface area contributed by atoms with Gasteiger partial charge in [-0.3, -0.25) is 9.36 Å². The number of hydrogen-bond donors (Lipinski definition) is 1. The zero-order valence-corrected chi connectivity index (χ0v) is 15.7. The van der Waals surface area contributed by atoms with Gasteiger partial charge < -0.3 is 5.73 Å². The van der Waals surface area contributed by atoms with Gasteiger partial charge in [0.2, 0.25) is 0 Å². The number of nitrogens with zero attached hydrogens (tertiary/aromatic N) is 2. The van der Waals surface area contributed by atoms with Crippen molar-refractivity contribution < 1.29 is 21.6 Å². The first-order valence-electron chi connectivity index (χ1n) is 8.11. The molecule has 0 saturated carbocycles. The summed E-state index contributed by atoms with van der Waals surface area (Å²) >= 11 is 0. The SMILES string of the molecule is CC(N)c1nc2cccc(S(C)(=O)=O)c2c(=O)n1-c1cc(F)cc(C(F)F)c1. The fourth-order valence-corrected chi connectivity index (χ4v) is 3.82. The highest BCUT2D eigenvalue weighted by molar-refractivity contribution is 7.91. The average molecular weight is 411 g/mol. The van der Waals surface area contributed by atoms with Crippen molar-refractivity contribution in [2.75, 3.05) is 6.26 Å². The molecule has 1 atom stereocenters. The second-order valence-corrected chi connectivity index (χ2v) is 8.35. The maximum absolute atomic E-state index is 13.9. The molecule has 0 spiro atoms. The number of hydrogen-bond acceptors (Lipinski definition) is 5. The fraction of sp³-hybridized carbons (Fsp3) is 0.222. The molecule has 0 fully saturated rings. The van der Waals surface area contributed by atoms with Crippen molar-refractivity contribution in [2.45, 2.75) is 24.3 Å². The van der Waals surface area contributed by atoms with Crippen molar-refractivity contribution in [3.63, 3.8) is 0 Å². The van der Waals surface area contributed by atoms with E-state index in [-0.39, 0.29) is 27.3 Å². The molecule has 3 rings (SSSR count). The van der Waals surface area contributed by atoms with Crippen LogP contribution < -0.4 is 11.3 Å². The number of nitrogens with two attached hydrogens (primary N) is 1. The van der Waals surface area contributed by atoms with Crippen LogP contribution in [0.15, 0.2) is 46.1 Å². The molecular formula is C18H16F3N3O3S. The van der Waals surface area contributed by atoms with E-state index in [1.165, 1.54) is 25.1 Å². The smallest absolute Gasteiger partial charge is 0.267 e. The van der Waals surface area contributed by atoms with Crippen LogP contribution in [0.4, 0.5) is 13.2 Å². The van der Waals surface area contributed by atoms with Gasteiger partial charge in [-0.25, -0.2) is 26.6 Å². The van der Waals surface area contributed by atoms with E-state index in [0.717, 1.165) is 23.0 Å². The van der Waals surface area contributed by atoms with E-state index in [0.29, 0.717) is 6.07 Å². The van der Waals surface area contributed by atoms with Crippen LogP contribution in [0.25, 0.3) is 16.6 Å². The Morgan fingerprint density at radius 3 is 2.43 bits per heavy atom. The van der Waals surface area contributed by atoms with Gasteiger partial charge in [-0.15, -0.1) is 0 Å². The molecule has 0 aliphatic heterocycles. The molecule has 1 heterocycles. The molecule has 0 radical (unpaired) electrons.